The first-order valence-electron chi connectivity index (χ1n) is 7.47. The van der Waals surface area contributed by atoms with Gasteiger partial charge in [0.15, 0.2) is 5.69 Å². The van der Waals surface area contributed by atoms with E-state index in [9.17, 15) is 13.2 Å². The van der Waals surface area contributed by atoms with E-state index in [0.717, 1.165) is 42.9 Å². The Morgan fingerprint density at radius 2 is 1.91 bits per heavy atom. The third-order valence-corrected chi connectivity index (χ3v) is 4.77. The van der Waals surface area contributed by atoms with Crippen molar-refractivity contribution in [1.29, 1.82) is 0 Å². The van der Waals surface area contributed by atoms with Crippen LogP contribution < -0.4 is 4.90 Å². The molecule has 1 aliphatic heterocycles. The summed E-state index contributed by atoms with van der Waals surface area (Å²) in [4.78, 5) is 8.17. The summed E-state index contributed by atoms with van der Waals surface area (Å²) in [6, 6.07) is 8.37. The fourth-order valence-electron chi connectivity index (χ4n) is 2.69. The maximum atomic E-state index is 12.6. The molecular weight excluding hydrogens is 323 g/mol. The number of hydrogen-bond acceptors (Lipinski definition) is 4. The van der Waals surface area contributed by atoms with Crippen molar-refractivity contribution in [2.75, 3.05) is 31.1 Å². The van der Waals surface area contributed by atoms with E-state index in [2.05, 4.69) is 39.9 Å². The van der Waals surface area contributed by atoms with Gasteiger partial charge in [-0.05, 0) is 24.6 Å². The Kier molecular flexibility index (Phi) is 4.59. The van der Waals surface area contributed by atoms with Crippen LogP contribution in [0.2, 0.25) is 0 Å². The number of anilines is 1. The Morgan fingerprint density at radius 3 is 2.52 bits per heavy atom. The topological polar surface area (TPSA) is 19.4 Å². The molecular formula is C16H18F3N3S. The first-order chi connectivity index (χ1) is 10.9. The third kappa shape index (κ3) is 4.03. The Balaban J connectivity index is 1.56. The van der Waals surface area contributed by atoms with Crippen LogP contribution in [0.15, 0.2) is 29.6 Å². The van der Waals surface area contributed by atoms with Crippen LogP contribution in [0.1, 0.15) is 16.3 Å². The molecule has 1 saturated heterocycles. The zero-order valence-corrected chi connectivity index (χ0v) is 13.6. The number of aryl methyl sites for hydroxylation is 1. The summed E-state index contributed by atoms with van der Waals surface area (Å²) in [5.41, 5.74) is 1.65. The maximum absolute atomic E-state index is 12.6. The van der Waals surface area contributed by atoms with Crippen LogP contribution >= 0.6 is 11.3 Å². The fourth-order valence-corrected chi connectivity index (χ4v) is 3.54. The molecule has 124 valence electrons. The van der Waals surface area contributed by atoms with E-state index in [4.69, 9.17) is 0 Å². The lowest BCUT2D eigenvalue weighted by atomic mass is 10.2. The van der Waals surface area contributed by atoms with Crippen molar-refractivity contribution in [2.45, 2.75) is 19.6 Å². The molecule has 0 saturated carbocycles. The average Bonchev–Trinajstić information content (AvgIpc) is 2.97. The van der Waals surface area contributed by atoms with Gasteiger partial charge in [0.05, 0.1) is 6.54 Å². The van der Waals surface area contributed by atoms with E-state index >= 15 is 0 Å². The molecule has 23 heavy (non-hydrogen) atoms. The summed E-state index contributed by atoms with van der Waals surface area (Å²) in [6.45, 7) is 5.97. The first kappa shape index (κ1) is 16.3. The minimum absolute atomic E-state index is 0.488. The summed E-state index contributed by atoms with van der Waals surface area (Å²) in [6.07, 6.45) is -4.35. The van der Waals surface area contributed by atoms with Crippen LogP contribution in [0.4, 0.5) is 18.9 Å². The van der Waals surface area contributed by atoms with E-state index in [0.29, 0.717) is 11.6 Å². The Bertz CT molecular complexity index is 661. The maximum Gasteiger partial charge on any atom is 0.434 e. The molecule has 7 heteroatoms. The van der Waals surface area contributed by atoms with Gasteiger partial charge in [0.1, 0.15) is 5.01 Å². The monoisotopic (exact) mass is 341 g/mol. The smallest absolute Gasteiger partial charge is 0.369 e. The van der Waals surface area contributed by atoms with Crippen LogP contribution in [-0.4, -0.2) is 36.1 Å². The number of benzene rings is 1. The number of nitrogens with zero attached hydrogens (tertiary/aromatic N) is 3. The number of halogens is 3. The van der Waals surface area contributed by atoms with Crippen LogP contribution in [0.3, 0.4) is 0 Å². The van der Waals surface area contributed by atoms with Crippen LogP contribution in [0.5, 0.6) is 0 Å². The number of piperazine rings is 1. The molecule has 2 aromatic rings. The van der Waals surface area contributed by atoms with Crippen LogP contribution in [0, 0.1) is 6.92 Å². The second-order valence-electron chi connectivity index (χ2n) is 5.73. The largest absolute Gasteiger partial charge is 0.434 e. The first-order valence-corrected chi connectivity index (χ1v) is 8.35. The molecule has 0 aliphatic carbocycles. The molecule has 1 aromatic heterocycles. The average molecular weight is 341 g/mol. The van der Waals surface area contributed by atoms with Gasteiger partial charge in [-0.15, -0.1) is 11.3 Å². The Labute approximate surface area is 137 Å². The van der Waals surface area contributed by atoms with Gasteiger partial charge in [-0.2, -0.15) is 13.2 Å². The Morgan fingerprint density at radius 1 is 1.17 bits per heavy atom. The van der Waals surface area contributed by atoms with E-state index < -0.39 is 11.9 Å². The van der Waals surface area contributed by atoms with Gasteiger partial charge in [0.2, 0.25) is 0 Å². The predicted molar refractivity (Wildman–Crippen MR) is 85.8 cm³/mol. The lowest BCUT2D eigenvalue weighted by molar-refractivity contribution is -0.140. The minimum Gasteiger partial charge on any atom is -0.369 e. The molecule has 2 heterocycles. The van der Waals surface area contributed by atoms with Crippen molar-refractivity contribution >= 4 is 17.0 Å². The van der Waals surface area contributed by atoms with E-state index in [1.165, 1.54) is 11.3 Å². The van der Waals surface area contributed by atoms with Gasteiger partial charge < -0.3 is 4.90 Å². The SMILES string of the molecule is Cc1cccc(N2CCN(Cc3nc(C(F)(F)F)cs3)CC2)c1. The van der Waals surface area contributed by atoms with Gasteiger partial charge in [-0.3, -0.25) is 4.90 Å². The highest BCUT2D eigenvalue weighted by molar-refractivity contribution is 7.09. The van der Waals surface area contributed by atoms with Crippen molar-refractivity contribution in [2.24, 2.45) is 0 Å². The van der Waals surface area contributed by atoms with Crippen molar-refractivity contribution < 1.29 is 13.2 Å². The van der Waals surface area contributed by atoms with Crippen LogP contribution in [0.25, 0.3) is 0 Å². The summed E-state index contributed by atoms with van der Waals surface area (Å²) in [5, 5.41) is 1.62. The summed E-state index contributed by atoms with van der Waals surface area (Å²) in [7, 11) is 0. The van der Waals surface area contributed by atoms with Gasteiger partial charge in [-0.25, -0.2) is 4.98 Å². The molecule has 3 nitrogen and oxygen atoms in total. The number of aromatic nitrogens is 1. The molecule has 0 amide bonds. The van der Waals surface area contributed by atoms with Gasteiger partial charge >= 0.3 is 6.18 Å². The number of thiazole rings is 1. The fraction of sp³-hybridized carbons (Fsp3) is 0.438. The molecule has 0 radical (unpaired) electrons. The molecule has 3 rings (SSSR count). The molecule has 0 N–H and O–H groups in total. The minimum atomic E-state index is -4.35. The van der Waals surface area contributed by atoms with Gasteiger partial charge in [-0.1, -0.05) is 12.1 Å². The zero-order valence-electron chi connectivity index (χ0n) is 12.8. The summed E-state index contributed by atoms with van der Waals surface area (Å²) < 4.78 is 37.7. The normalized spacial score (nSPS) is 16.8. The molecule has 0 unspecified atom stereocenters. The molecule has 1 fully saturated rings. The summed E-state index contributed by atoms with van der Waals surface area (Å²) >= 11 is 1.08. The highest BCUT2D eigenvalue weighted by Gasteiger charge is 2.33. The van der Waals surface area contributed by atoms with Crippen molar-refractivity contribution in [3.63, 3.8) is 0 Å². The van der Waals surface area contributed by atoms with Crippen molar-refractivity contribution in [3.8, 4) is 0 Å². The quantitative estimate of drug-likeness (QED) is 0.847. The molecule has 0 bridgehead atoms. The molecule has 0 atom stereocenters. The molecule has 1 aromatic carbocycles. The van der Waals surface area contributed by atoms with E-state index in [1.54, 1.807) is 0 Å². The molecule has 0 spiro atoms. The number of hydrogen-bond donors (Lipinski definition) is 0. The standard InChI is InChI=1S/C16H18F3N3S/c1-12-3-2-4-13(9-12)22-7-5-21(6-8-22)10-15-20-14(11-23-15)16(17,18)19/h2-4,9,11H,5-8,10H2,1H3. The Hall–Kier alpha value is -1.60. The number of rotatable bonds is 3. The molecule has 1 aliphatic rings. The van der Waals surface area contributed by atoms with Crippen molar-refractivity contribution in [1.82, 2.24) is 9.88 Å². The lowest BCUT2D eigenvalue weighted by Crippen LogP contribution is -2.46. The highest BCUT2D eigenvalue weighted by atomic mass is 32.1. The third-order valence-electron chi connectivity index (χ3n) is 3.94. The number of alkyl halides is 3. The van der Waals surface area contributed by atoms with E-state index in [-0.39, 0.29) is 0 Å². The second kappa shape index (κ2) is 6.49. The van der Waals surface area contributed by atoms with E-state index in [1.807, 2.05) is 6.07 Å². The van der Waals surface area contributed by atoms with Crippen molar-refractivity contribution in [3.05, 3.63) is 45.9 Å². The summed E-state index contributed by atoms with van der Waals surface area (Å²) in [5.74, 6) is 0. The van der Waals surface area contributed by atoms with Crippen LogP contribution in [-0.2, 0) is 12.7 Å². The lowest BCUT2D eigenvalue weighted by Gasteiger charge is -2.35. The predicted octanol–water partition coefficient (Wildman–Crippen LogP) is 3.79. The highest BCUT2D eigenvalue weighted by Crippen LogP contribution is 2.30. The van der Waals surface area contributed by atoms with Gasteiger partial charge in [0, 0.05) is 37.2 Å². The zero-order chi connectivity index (χ0) is 16.4. The van der Waals surface area contributed by atoms with Gasteiger partial charge in [0.25, 0.3) is 0 Å². The second-order valence-corrected chi connectivity index (χ2v) is 6.67.